The van der Waals surface area contributed by atoms with Crippen LogP contribution in [-0.2, 0) is 14.1 Å². The van der Waals surface area contributed by atoms with Gasteiger partial charge in [-0.3, -0.25) is 23.6 Å². The minimum absolute atomic E-state index is 0.172. The fourth-order valence-electron chi connectivity index (χ4n) is 4.53. The number of rotatable bonds is 8. The average molecular weight is 590 g/mol. The molecule has 0 spiro atoms. The van der Waals surface area contributed by atoms with Crippen LogP contribution in [-0.4, -0.2) is 41.5 Å². The number of carbonyl (C=O) groups excluding carboxylic acids is 1. The van der Waals surface area contributed by atoms with Crippen LogP contribution in [0.15, 0.2) is 59.7 Å². The monoisotopic (exact) mass is 589 g/mol. The van der Waals surface area contributed by atoms with E-state index in [-0.39, 0.29) is 28.4 Å². The molecule has 0 aliphatic heterocycles. The third-order valence-corrected chi connectivity index (χ3v) is 7.06. The van der Waals surface area contributed by atoms with E-state index >= 15 is 0 Å². The van der Waals surface area contributed by atoms with Crippen molar-refractivity contribution in [1.29, 1.82) is 0 Å². The molecule has 1 unspecified atom stereocenters. The minimum atomic E-state index is -0.369. The van der Waals surface area contributed by atoms with Crippen molar-refractivity contribution in [3.05, 3.63) is 87.2 Å². The molecule has 1 amide bonds. The van der Waals surface area contributed by atoms with Gasteiger partial charge in [0.2, 0.25) is 0 Å². The van der Waals surface area contributed by atoms with Gasteiger partial charge in [0.05, 0.1) is 22.6 Å². The molecule has 1 aromatic carbocycles. The number of nitrogens with one attached hydrogen (secondary N) is 3. The van der Waals surface area contributed by atoms with Crippen molar-refractivity contribution in [2.75, 3.05) is 16.9 Å². The van der Waals surface area contributed by atoms with Gasteiger partial charge in [-0.25, -0.2) is 15.0 Å². The fourth-order valence-corrected chi connectivity index (χ4v) is 4.96. The van der Waals surface area contributed by atoms with Crippen LogP contribution in [0.4, 0.5) is 17.3 Å². The van der Waals surface area contributed by atoms with E-state index in [1.807, 2.05) is 57.4 Å². The van der Waals surface area contributed by atoms with Crippen LogP contribution in [0.1, 0.15) is 34.6 Å². The van der Waals surface area contributed by atoms with Gasteiger partial charge in [-0.05, 0) is 49.7 Å². The van der Waals surface area contributed by atoms with E-state index in [2.05, 4.69) is 30.4 Å². The summed E-state index contributed by atoms with van der Waals surface area (Å²) in [6, 6.07) is 12.3. The predicted molar refractivity (Wildman–Crippen MR) is 164 cm³/mol. The second-order valence-electron chi connectivity index (χ2n) is 9.51. The Balaban J connectivity index is 1.54. The molecular formula is C28H28ClN9O2S. The zero-order valence-electron chi connectivity index (χ0n) is 23.1. The van der Waals surface area contributed by atoms with Crippen molar-refractivity contribution < 1.29 is 4.79 Å². The van der Waals surface area contributed by atoms with Crippen molar-refractivity contribution in [3.8, 4) is 11.4 Å². The van der Waals surface area contributed by atoms with Crippen LogP contribution in [0.3, 0.4) is 0 Å². The molecule has 0 saturated heterocycles. The second-order valence-corrected chi connectivity index (χ2v) is 10.5. The molecule has 13 heteroatoms. The zero-order chi connectivity index (χ0) is 29.3. The number of halogens is 1. The quantitative estimate of drug-likeness (QED) is 0.169. The molecule has 0 fully saturated rings. The normalized spacial score (nSPS) is 11.9. The molecule has 0 bridgehead atoms. The summed E-state index contributed by atoms with van der Waals surface area (Å²) in [5.41, 5.74) is 3.45. The van der Waals surface area contributed by atoms with Gasteiger partial charge in [-0.2, -0.15) is 5.10 Å². The maximum Gasteiger partial charge on any atom is 0.281 e. The Morgan fingerprint density at radius 3 is 2.56 bits per heavy atom. The van der Waals surface area contributed by atoms with Crippen LogP contribution < -0.4 is 20.9 Å². The SMILES string of the molecule is CSNC(=O)c1nc(Cl)ccc1NC(C)c1cc(C)cc2c(=O)n(C)c(-c3ccc(Nc4ccn(C)n4)nc3)nc12. The summed E-state index contributed by atoms with van der Waals surface area (Å²) in [7, 11) is 3.54. The Morgan fingerprint density at radius 1 is 1.07 bits per heavy atom. The molecule has 1 atom stereocenters. The Labute approximate surface area is 245 Å². The summed E-state index contributed by atoms with van der Waals surface area (Å²) in [5.74, 6) is 1.40. The van der Waals surface area contributed by atoms with Crippen molar-refractivity contribution >= 4 is 57.7 Å². The topological polar surface area (TPSA) is 132 Å². The zero-order valence-corrected chi connectivity index (χ0v) is 24.6. The first-order valence-corrected chi connectivity index (χ1v) is 14.3. The molecule has 5 rings (SSSR count). The number of nitrogens with zero attached hydrogens (tertiary/aromatic N) is 6. The summed E-state index contributed by atoms with van der Waals surface area (Å²) in [6.45, 7) is 3.87. The number of hydrogen-bond donors (Lipinski definition) is 3. The molecule has 5 aromatic rings. The highest BCUT2D eigenvalue weighted by Gasteiger charge is 2.20. The van der Waals surface area contributed by atoms with Gasteiger partial charge < -0.3 is 10.6 Å². The Bertz CT molecular complexity index is 1820. The number of anilines is 3. The highest BCUT2D eigenvalue weighted by atomic mass is 35.5. The maximum atomic E-state index is 13.6. The summed E-state index contributed by atoms with van der Waals surface area (Å²) in [4.78, 5) is 39.9. The Kier molecular flexibility index (Phi) is 7.95. The largest absolute Gasteiger partial charge is 0.377 e. The number of aromatic nitrogens is 6. The van der Waals surface area contributed by atoms with E-state index in [1.165, 1.54) is 16.5 Å². The first-order valence-electron chi connectivity index (χ1n) is 12.7. The molecule has 11 nitrogen and oxygen atoms in total. The number of hydrogen-bond acceptors (Lipinski definition) is 9. The molecule has 0 radical (unpaired) electrons. The smallest absolute Gasteiger partial charge is 0.281 e. The fraction of sp³-hybridized carbons (Fsp3) is 0.214. The number of benzene rings is 1. The van der Waals surface area contributed by atoms with E-state index in [1.54, 1.807) is 36.3 Å². The highest BCUT2D eigenvalue weighted by molar-refractivity contribution is 7.97. The van der Waals surface area contributed by atoms with Crippen LogP contribution >= 0.6 is 23.5 Å². The van der Waals surface area contributed by atoms with E-state index in [9.17, 15) is 9.59 Å². The average Bonchev–Trinajstić information content (AvgIpc) is 3.36. The van der Waals surface area contributed by atoms with Gasteiger partial charge in [0.15, 0.2) is 11.5 Å². The summed E-state index contributed by atoms with van der Waals surface area (Å²) in [5, 5.41) is 11.5. The van der Waals surface area contributed by atoms with Crippen LogP contribution in [0.5, 0.6) is 0 Å². The van der Waals surface area contributed by atoms with Crippen LogP contribution in [0, 0.1) is 6.92 Å². The standard InChI is InChI=1S/C28H28ClN9O2S/c1-15-12-18(16(2)31-20-7-8-21(29)32-25(20)27(39)36-41-5)24-19(13-15)28(40)38(4)26(34-24)17-6-9-22(30-14-17)33-23-10-11-37(3)35-23/h6-14,16,31H,1-5H3,(H,36,39)(H,30,33,35). The van der Waals surface area contributed by atoms with Gasteiger partial charge in [0.1, 0.15) is 16.8 Å². The van der Waals surface area contributed by atoms with Gasteiger partial charge in [-0.15, -0.1) is 0 Å². The first kappa shape index (κ1) is 28.1. The maximum absolute atomic E-state index is 13.6. The summed E-state index contributed by atoms with van der Waals surface area (Å²) in [6.07, 6.45) is 5.26. The molecular weight excluding hydrogens is 562 g/mol. The lowest BCUT2D eigenvalue weighted by atomic mass is 10.0. The first-order chi connectivity index (χ1) is 19.6. The predicted octanol–water partition coefficient (Wildman–Crippen LogP) is 5.01. The lowest BCUT2D eigenvalue weighted by Gasteiger charge is -2.20. The van der Waals surface area contributed by atoms with E-state index in [0.717, 1.165) is 11.1 Å². The number of pyridine rings is 2. The lowest BCUT2D eigenvalue weighted by molar-refractivity contribution is 0.0980. The van der Waals surface area contributed by atoms with Gasteiger partial charge >= 0.3 is 0 Å². The molecule has 0 saturated carbocycles. The van der Waals surface area contributed by atoms with Gasteiger partial charge in [-0.1, -0.05) is 29.6 Å². The molecule has 0 aliphatic rings. The third-order valence-electron chi connectivity index (χ3n) is 6.46. The molecule has 0 aliphatic carbocycles. The third kappa shape index (κ3) is 5.88. The van der Waals surface area contributed by atoms with Gasteiger partial charge in [0, 0.05) is 49.9 Å². The number of fused-ring (bicyclic) bond motifs is 1. The van der Waals surface area contributed by atoms with E-state index in [4.69, 9.17) is 16.6 Å². The number of aryl methyl sites for hydroxylation is 2. The lowest BCUT2D eigenvalue weighted by Crippen LogP contribution is -2.22. The Morgan fingerprint density at radius 2 is 1.88 bits per heavy atom. The van der Waals surface area contributed by atoms with Crippen molar-refractivity contribution in [2.45, 2.75) is 19.9 Å². The summed E-state index contributed by atoms with van der Waals surface area (Å²) >= 11 is 7.26. The van der Waals surface area contributed by atoms with E-state index in [0.29, 0.717) is 39.6 Å². The second kappa shape index (κ2) is 11.6. The minimum Gasteiger partial charge on any atom is -0.377 e. The Hall–Kier alpha value is -4.42. The summed E-state index contributed by atoms with van der Waals surface area (Å²) < 4.78 is 5.91. The molecule has 4 heterocycles. The molecule has 4 aromatic heterocycles. The van der Waals surface area contributed by atoms with Crippen LogP contribution in [0.2, 0.25) is 5.15 Å². The molecule has 41 heavy (non-hydrogen) atoms. The van der Waals surface area contributed by atoms with Crippen molar-refractivity contribution in [3.63, 3.8) is 0 Å². The number of amides is 1. The van der Waals surface area contributed by atoms with E-state index < -0.39 is 0 Å². The molecule has 210 valence electrons. The molecule has 3 N–H and O–H groups in total. The van der Waals surface area contributed by atoms with Crippen molar-refractivity contribution in [1.82, 2.24) is 34.0 Å². The van der Waals surface area contributed by atoms with Crippen LogP contribution in [0.25, 0.3) is 22.3 Å². The van der Waals surface area contributed by atoms with Crippen molar-refractivity contribution in [2.24, 2.45) is 14.1 Å². The highest BCUT2D eigenvalue weighted by Crippen LogP contribution is 2.29. The van der Waals surface area contributed by atoms with Gasteiger partial charge in [0.25, 0.3) is 11.5 Å². The number of carbonyl (C=O) groups is 1.